The molecule has 126 valence electrons. The van der Waals surface area contributed by atoms with Crippen LogP contribution in [0.3, 0.4) is 0 Å². The second kappa shape index (κ2) is 5.88. The van der Waals surface area contributed by atoms with Crippen molar-refractivity contribution in [2.24, 2.45) is 0 Å². The number of benzene rings is 2. The molecule has 0 saturated heterocycles. The quantitative estimate of drug-likeness (QED) is 0.750. The van der Waals surface area contributed by atoms with Gasteiger partial charge in [0.15, 0.2) is 0 Å². The molecule has 0 aliphatic carbocycles. The Bertz CT molecular complexity index is 921. The van der Waals surface area contributed by atoms with Crippen LogP contribution in [-0.2, 0) is 0 Å². The van der Waals surface area contributed by atoms with E-state index >= 15 is 0 Å². The molecule has 0 fully saturated rings. The molecule has 0 saturated carbocycles. The fourth-order valence-electron chi connectivity index (χ4n) is 3.34. The highest BCUT2D eigenvalue weighted by atomic mass is 16.2. The van der Waals surface area contributed by atoms with Crippen molar-refractivity contribution >= 4 is 5.91 Å². The molecule has 0 unspecified atom stereocenters. The van der Waals surface area contributed by atoms with Crippen LogP contribution in [0.4, 0.5) is 0 Å². The summed E-state index contributed by atoms with van der Waals surface area (Å²) in [6.45, 7) is 6.41. The lowest BCUT2D eigenvalue weighted by atomic mass is 9.94. The van der Waals surface area contributed by atoms with Gasteiger partial charge in [0.05, 0.1) is 11.7 Å². The number of rotatable bonds is 3. The van der Waals surface area contributed by atoms with E-state index in [0.717, 1.165) is 22.4 Å². The van der Waals surface area contributed by atoms with Gasteiger partial charge in [-0.05, 0) is 24.0 Å². The van der Waals surface area contributed by atoms with Gasteiger partial charge >= 0.3 is 0 Å². The highest BCUT2D eigenvalue weighted by Crippen LogP contribution is 2.37. The van der Waals surface area contributed by atoms with Crippen LogP contribution >= 0.6 is 0 Å². The van der Waals surface area contributed by atoms with E-state index < -0.39 is 0 Å². The Morgan fingerprint density at radius 1 is 1.00 bits per heavy atom. The number of fused-ring (bicyclic) bond motifs is 1. The van der Waals surface area contributed by atoms with E-state index in [9.17, 15) is 4.79 Å². The number of aryl methyl sites for hydroxylation is 1. The van der Waals surface area contributed by atoms with Gasteiger partial charge in [-0.2, -0.15) is 5.10 Å². The smallest absolute Gasteiger partial charge is 0.270 e. The van der Waals surface area contributed by atoms with Crippen molar-refractivity contribution in [1.82, 2.24) is 15.5 Å². The minimum absolute atomic E-state index is 0.0983. The van der Waals surface area contributed by atoms with E-state index in [4.69, 9.17) is 0 Å². The average molecular weight is 331 g/mol. The van der Waals surface area contributed by atoms with Crippen molar-refractivity contribution in [2.75, 3.05) is 0 Å². The molecule has 2 N–H and O–H groups in total. The molecule has 0 bridgehead atoms. The van der Waals surface area contributed by atoms with Gasteiger partial charge in [-0.3, -0.25) is 9.89 Å². The van der Waals surface area contributed by atoms with E-state index in [2.05, 4.69) is 72.7 Å². The summed E-state index contributed by atoms with van der Waals surface area (Å²) in [5.74, 6) is 0.388. The van der Waals surface area contributed by atoms with E-state index in [1.54, 1.807) is 0 Å². The topological polar surface area (TPSA) is 57.8 Å². The highest BCUT2D eigenvalue weighted by molar-refractivity contribution is 6.00. The van der Waals surface area contributed by atoms with Gasteiger partial charge < -0.3 is 5.32 Å². The number of aromatic nitrogens is 2. The molecular weight excluding hydrogens is 310 g/mol. The number of H-pyrrole nitrogens is 1. The Hall–Kier alpha value is -2.88. The van der Waals surface area contributed by atoms with Crippen LogP contribution < -0.4 is 5.32 Å². The Morgan fingerprint density at radius 2 is 1.68 bits per heavy atom. The molecule has 1 atom stereocenters. The Labute approximate surface area is 147 Å². The molecule has 2 heterocycles. The van der Waals surface area contributed by atoms with Crippen LogP contribution in [0, 0.1) is 6.92 Å². The third-order valence-electron chi connectivity index (χ3n) is 4.86. The number of amides is 1. The van der Waals surface area contributed by atoms with Crippen LogP contribution in [0.2, 0.25) is 0 Å². The van der Waals surface area contributed by atoms with Gasteiger partial charge in [0, 0.05) is 11.1 Å². The summed E-state index contributed by atoms with van der Waals surface area (Å²) in [6.07, 6.45) is 0. The maximum absolute atomic E-state index is 12.3. The number of carbonyl (C=O) groups is 1. The normalized spacial score (nSPS) is 16.2. The zero-order valence-corrected chi connectivity index (χ0v) is 14.6. The summed E-state index contributed by atoms with van der Waals surface area (Å²) in [5, 5.41) is 10.4. The molecule has 1 aliphatic heterocycles. The second-order valence-electron chi connectivity index (χ2n) is 6.95. The lowest BCUT2D eigenvalue weighted by molar-refractivity contribution is 0.0955. The molecule has 2 aromatic carbocycles. The summed E-state index contributed by atoms with van der Waals surface area (Å²) in [7, 11) is 0. The minimum atomic E-state index is -0.168. The molecule has 1 amide bonds. The van der Waals surface area contributed by atoms with E-state index in [-0.39, 0.29) is 11.9 Å². The maximum atomic E-state index is 12.3. The minimum Gasteiger partial charge on any atom is -0.340 e. The molecule has 25 heavy (non-hydrogen) atoms. The predicted octanol–water partition coefficient (Wildman–Crippen LogP) is 4.34. The van der Waals surface area contributed by atoms with Gasteiger partial charge in [-0.15, -0.1) is 0 Å². The first kappa shape index (κ1) is 15.6. The zero-order valence-electron chi connectivity index (χ0n) is 14.6. The van der Waals surface area contributed by atoms with Crippen molar-refractivity contribution in [2.45, 2.75) is 32.7 Å². The number of nitrogens with one attached hydrogen (secondary N) is 2. The van der Waals surface area contributed by atoms with Gasteiger partial charge in [-0.25, -0.2) is 0 Å². The van der Waals surface area contributed by atoms with Gasteiger partial charge in [-0.1, -0.05) is 67.9 Å². The molecule has 3 aromatic rings. The summed E-state index contributed by atoms with van der Waals surface area (Å²) in [6, 6.07) is 16.5. The van der Waals surface area contributed by atoms with Gasteiger partial charge in [0.2, 0.25) is 0 Å². The van der Waals surface area contributed by atoms with Crippen molar-refractivity contribution in [3.05, 3.63) is 76.5 Å². The van der Waals surface area contributed by atoms with E-state index in [1.165, 1.54) is 11.1 Å². The maximum Gasteiger partial charge on any atom is 0.270 e. The van der Waals surface area contributed by atoms with Crippen molar-refractivity contribution < 1.29 is 4.79 Å². The fraction of sp³-hybridized carbons (Fsp3) is 0.238. The molecule has 4 rings (SSSR count). The first-order valence-electron chi connectivity index (χ1n) is 8.60. The number of hydrogen-bond acceptors (Lipinski definition) is 2. The predicted molar refractivity (Wildman–Crippen MR) is 98.6 cm³/mol. The number of nitrogens with zero attached hydrogens (tertiary/aromatic N) is 1. The largest absolute Gasteiger partial charge is 0.340 e. The van der Waals surface area contributed by atoms with E-state index in [0.29, 0.717) is 11.6 Å². The van der Waals surface area contributed by atoms with Crippen LogP contribution in [0.25, 0.3) is 11.3 Å². The third kappa shape index (κ3) is 2.64. The first-order valence-corrected chi connectivity index (χ1v) is 8.60. The molecule has 0 spiro atoms. The van der Waals surface area contributed by atoms with Crippen LogP contribution in [0.5, 0.6) is 0 Å². The second-order valence-corrected chi connectivity index (χ2v) is 6.95. The fourth-order valence-corrected chi connectivity index (χ4v) is 3.34. The monoisotopic (exact) mass is 331 g/mol. The Kier molecular flexibility index (Phi) is 3.68. The van der Waals surface area contributed by atoms with Crippen molar-refractivity contribution in [1.29, 1.82) is 0 Å². The zero-order chi connectivity index (χ0) is 17.6. The van der Waals surface area contributed by atoms with E-state index in [1.807, 2.05) is 12.1 Å². The number of hydrogen-bond donors (Lipinski definition) is 2. The summed E-state index contributed by atoms with van der Waals surface area (Å²) < 4.78 is 0. The van der Waals surface area contributed by atoms with Crippen LogP contribution in [-0.4, -0.2) is 16.1 Å². The summed E-state index contributed by atoms with van der Waals surface area (Å²) in [5.41, 5.74) is 6.92. The van der Waals surface area contributed by atoms with Crippen LogP contribution in [0.15, 0.2) is 48.5 Å². The standard InChI is InChI=1S/C21H21N3O/c1-12(2)14-8-10-15(11-9-14)18-17-19(16-6-4-13(3)5-7-16)23-24-20(17)21(25)22-18/h4-12,18H,1-3H3,(H,22,25)(H,23,24)/t18-/m1/s1. The van der Waals surface area contributed by atoms with Crippen molar-refractivity contribution in [3.63, 3.8) is 0 Å². The average Bonchev–Trinajstić information content (AvgIpc) is 3.17. The Balaban J connectivity index is 1.78. The summed E-state index contributed by atoms with van der Waals surface area (Å²) >= 11 is 0. The summed E-state index contributed by atoms with van der Waals surface area (Å²) in [4.78, 5) is 12.3. The molecule has 1 aromatic heterocycles. The molecule has 0 radical (unpaired) electrons. The molecular formula is C21H21N3O. The highest BCUT2D eigenvalue weighted by Gasteiger charge is 2.35. The third-order valence-corrected chi connectivity index (χ3v) is 4.86. The van der Waals surface area contributed by atoms with Crippen LogP contribution in [0.1, 0.15) is 58.5 Å². The molecule has 4 heteroatoms. The Morgan fingerprint density at radius 3 is 2.32 bits per heavy atom. The number of carbonyl (C=O) groups excluding carboxylic acids is 1. The lowest BCUT2D eigenvalue weighted by Gasteiger charge is -2.15. The van der Waals surface area contributed by atoms with Gasteiger partial charge in [0.25, 0.3) is 5.91 Å². The SMILES string of the molecule is Cc1ccc(-c2n[nH]c3c2[C@@H](c2ccc(C(C)C)cc2)NC3=O)cc1. The molecule has 1 aliphatic rings. The van der Waals surface area contributed by atoms with Gasteiger partial charge in [0.1, 0.15) is 5.69 Å². The van der Waals surface area contributed by atoms with Crippen molar-refractivity contribution in [3.8, 4) is 11.3 Å². The molecule has 4 nitrogen and oxygen atoms in total. The lowest BCUT2D eigenvalue weighted by Crippen LogP contribution is -2.21. The first-order chi connectivity index (χ1) is 12.0. The number of aromatic amines is 1.